The zero-order valence-electron chi connectivity index (χ0n) is 17.8. The van der Waals surface area contributed by atoms with E-state index in [4.69, 9.17) is 0 Å². The number of hydrogen-bond acceptors (Lipinski definition) is 5. The highest BCUT2D eigenvalue weighted by atomic mass is 32.2. The molecular formula is C23H25FN4O3S. The number of halogens is 1. The van der Waals surface area contributed by atoms with Gasteiger partial charge in [-0.2, -0.15) is 4.31 Å². The molecule has 1 amide bonds. The first kappa shape index (κ1) is 22.3. The largest absolute Gasteiger partial charge is 0.324 e. The molecule has 3 aromatic rings. The molecule has 1 aromatic heterocycles. The summed E-state index contributed by atoms with van der Waals surface area (Å²) in [6, 6.07) is 13.1. The molecule has 168 valence electrons. The molecule has 4 rings (SSSR count). The number of hydrogen-bond donors (Lipinski definition) is 1. The maximum atomic E-state index is 13.7. The van der Waals surface area contributed by atoms with Gasteiger partial charge in [0.25, 0.3) is 0 Å². The average Bonchev–Trinajstić information content (AvgIpc) is 2.79. The number of fused-ring (bicyclic) bond motifs is 1. The van der Waals surface area contributed by atoms with Gasteiger partial charge in [0.2, 0.25) is 15.9 Å². The fourth-order valence-electron chi connectivity index (χ4n) is 3.82. The molecule has 2 heterocycles. The molecule has 32 heavy (non-hydrogen) atoms. The van der Waals surface area contributed by atoms with E-state index in [-0.39, 0.29) is 22.9 Å². The third-order valence-corrected chi connectivity index (χ3v) is 7.49. The fourth-order valence-corrected chi connectivity index (χ4v) is 5.41. The van der Waals surface area contributed by atoms with E-state index in [0.29, 0.717) is 38.2 Å². The number of pyridine rings is 1. The van der Waals surface area contributed by atoms with Crippen LogP contribution in [0.2, 0.25) is 0 Å². The lowest BCUT2D eigenvalue weighted by Crippen LogP contribution is -2.49. The van der Waals surface area contributed by atoms with E-state index >= 15 is 0 Å². The lowest BCUT2D eigenvalue weighted by atomic mass is 10.2. The number of aromatic nitrogens is 1. The summed E-state index contributed by atoms with van der Waals surface area (Å²) in [6.45, 7) is 4.10. The van der Waals surface area contributed by atoms with E-state index in [0.717, 1.165) is 10.9 Å². The van der Waals surface area contributed by atoms with Crippen molar-refractivity contribution >= 4 is 32.5 Å². The monoisotopic (exact) mass is 456 g/mol. The van der Waals surface area contributed by atoms with Gasteiger partial charge in [0.05, 0.1) is 11.2 Å². The van der Waals surface area contributed by atoms with Gasteiger partial charge in [-0.1, -0.05) is 24.3 Å². The van der Waals surface area contributed by atoms with Gasteiger partial charge in [0, 0.05) is 50.7 Å². The van der Waals surface area contributed by atoms with Crippen LogP contribution in [0, 0.1) is 12.7 Å². The molecule has 0 radical (unpaired) electrons. The van der Waals surface area contributed by atoms with Crippen molar-refractivity contribution in [3.05, 3.63) is 66.1 Å². The van der Waals surface area contributed by atoms with Crippen molar-refractivity contribution in [3.8, 4) is 0 Å². The second kappa shape index (κ2) is 9.32. The van der Waals surface area contributed by atoms with Crippen LogP contribution in [0.1, 0.15) is 12.0 Å². The Morgan fingerprint density at radius 3 is 2.59 bits per heavy atom. The zero-order valence-corrected chi connectivity index (χ0v) is 18.6. The molecule has 7 nitrogen and oxygen atoms in total. The van der Waals surface area contributed by atoms with Crippen LogP contribution in [0.15, 0.2) is 59.6 Å². The molecule has 0 aliphatic carbocycles. The Labute approximate surface area is 186 Å². The number of rotatable bonds is 6. The van der Waals surface area contributed by atoms with Gasteiger partial charge in [-0.3, -0.25) is 9.78 Å². The summed E-state index contributed by atoms with van der Waals surface area (Å²) >= 11 is 0. The molecule has 1 saturated heterocycles. The van der Waals surface area contributed by atoms with Gasteiger partial charge in [-0.15, -0.1) is 0 Å². The minimum atomic E-state index is -3.68. The van der Waals surface area contributed by atoms with Crippen molar-refractivity contribution in [1.82, 2.24) is 14.2 Å². The highest BCUT2D eigenvalue weighted by Gasteiger charge is 2.30. The van der Waals surface area contributed by atoms with Crippen molar-refractivity contribution < 1.29 is 17.6 Å². The molecule has 0 atom stereocenters. The molecule has 1 aliphatic heterocycles. The predicted molar refractivity (Wildman–Crippen MR) is 121 cm³/mol. The number of para-hydroxylation sites is 2. The van der Waals surface area contributed by atoms with E-state index in [1.165, 1.54) is 16.4 Å². The van der Waals surface area contributed by atoms with Crippen LogP contribution in [0.5, 0.6) is 0 Å². The van der Waals surface area contributed by atoms with Gasteiger partial charge >= 0.3 is 0 Å². The van der Waals surface area contributed by atoms with Gasteiger partial charge in [-0.25, -0.2) is 12.8 Å². The third-order valence-electron chi connectivity index (χ3n) is 5.56. The molecular weight excluding hydrogens is 431 g/mol. The van der Waals surface area contributed by atoms with E-state index in [1.807, 2.05) is 24.0 Å². The van der Waals surface area contributed by atoms with Crippen molar-refractivity contribution in [2.75, 3.05) is 38.0 Å². The fraction of sp³-hybridized carbons (Fsp3) is 0.304. The second-order valence-electron chi connectivity index (χ2n) is 7.86. The van der Waals surface area contributed by atoms with Crippen LogP contribution >= 0.6 is 0 Å². The first-order chi connectivity index (χ1) is 15.3. The molecule has 0 spiro atoms. The lowest BCUT2D eigenvalue weighted by molar-refractivity contribution is -0.116. The third kappa shape index (κ3) is 4.79. The van der Waals surface area contributed by atoms with Gasteiger partial charge in [0.15, 0.2) is 0 Å². The van der Waals surface area contributed by atoms with E-state index in [9.17, 15) is 17.6 Å². The Morgan fingerprint density at radius 2 is 1.84 bits per heavy atom. The van der Waals surface area contributed by atoms with Crippen LogP contribution in [0.3, 0.4) is 0 Å². The summed E-state index contributed by atoms with van der Waals surface area (Å²) in [5.74, 6) is -0.750. The van der Waals surface area contributed by atoms with Crippen molar-refractivity contribution in [3.63, 3.8) is 0 Å². The molecule has 2 aromatic carbocycles. The summed E-state index contributed by atoms with van der Waals surface area (Å²) in [6.07, 6.45) is 1.87. The number of carbonyl (C=O) groups is 1. The molecule has 0 unspecified atom stereocenters. The summed E-state index contributed by atoms with van der Waals surface area (Å²) in [7, 11) is -3.68. The molecule has 1 fully saturated rings. The van der Waals surface area contributed by atoms with Crippen LogP contribution < -0.4 is 5.32 Å². The normalized spacial score (nSPS) is 15.7. The maximum Gasteiger partial charge on any atom is 0.245 e. The topological polar surface area (TPSA) is 82.6 Å². The second-order valence-corrected chi connectivity index (χ2v) is 9.77. The Kier molecular flexibility index (Phi) is 6.50. The molecule has 1 N–H and O–H groups in total. The van der Waals surface area contributed by atoms with Crippen molar-refractivity contribution in [2.24, 2.45) is 0 Å². The quantitative estimate of drug-likeness (QED) is 0.617. The number of sulfonamides is 1. The Hall–Kier alpha value is -2.88. The number of piperazine rings is 1. The number of benzene rings is 2. The first-order valence-corrected chi connectivity index (χ1v) is 11.9. The SMILES string of the molecule is Cc1cnc2c(S(=O)(=O)N3CCN(CCC(=O)Nc4ccccc4F)CC3)cccc2c1. The van der Waals surface area contributed by atoms with Crippen LogP contribution in [0.25, 0.3) is 10.9 Å². The summed E-state index contributed by atoms with van der Waals surface area (Å²) < 4.78 is 41.7. The smallest absolute Gasteiger partial charge is 0.245 e. The molecule has 0 saturated carbocycles. The lowest BCUT2D eigenvalue weighted by Gasteiger charge is -2.33. The number of aryl methyl sites for hydroxylation is 1. The number of amides is 1. The number of nitrogens with zero attached hydrogens (tertiary/aromatic N) is 3. The summed E-state index contributed by atoms with van der Waals surface area (Å²) in [5.41, 5.74) is 1.61. The van der Waals surface area contributed by atoms with Crippen LogP contribution in [0.4, 0.5) is 10.1 Å². The molecule has 1 aliphatic rings. The van der Waals surface area contributed by atoms with Gasteiger partial charge < -0.3 is 10.2 Å². The number of nitrogens with one attached hydrogen (secondary N) is 1. The standard InChI is InChI=1S/C23H25FN4O3S/c1-17-15-18-5-4-8-21(23(18)25-16-17)32(30,31)28-13-11-27(12-14-28)10-9-22(29)26-20-7-3-2-6-19(20)24/h2-8,15-16H,9-14H2,1H3,(H,26,29). The Balaban J connectivity index is 1.35. The highest BCUT2D eigenvalue weighted by Crippen LogP contribution is 2.25. The predicted octanol–water partition coefficient (Wildman–Crippen LogP) is 3.02. The number of anilines is 1. The van der Waals surface area contributed by atoms with Crippen molar-refractivity contribution in [1.29, 1.82) is 0 Å². The summed E-state index contributed by atoms with van der Waals surface area (Å²) in [5, 5.41) is 3.37. The highest BCUT2D eigenvalue weighted by molar-refractivity contribution is 7.89. The van der Waals surface area contributed by atoms with E-state index in [1.54, 1.807) is 30.5 Å². The molecule has 0 bridgehead atoms. The maximum absolute atomic E-state index is 13.7. The number of carbonyl (C=O) groups excluding carboxylic acids is 1. The van der Waals surface area contributed by atoms with E-state index < -0.39 is 15.8 Å². The average molecular weight is 457 g/mol. The zero-order chi connectivity index (χ0) is 22.7. The van der Waals surface area contributed by atoms with E-state index in [2.05, 4.69) is 10.3 Å². The Bertz CT molecular complexity index is 1240. The van der Waals surface area contributed by atoms with Crippen molar-refractivity contribution in [2.45, 2.75) is 18.2 Å². The Morgan fingerprint density at radius 1 is 1.09 bits per heavy atom. The van der Waals surface area contributed by atoms with Gasteiger partial charge in [-0.05, 0) is 36.8 Å². The minimum absolute atomic E-state index is 0.160. The van der Waals surface area contributed by atoms with Crippen LogP contribution in [-0.2, 0) is 14.8 Å². The van der Waals surface area contributed by atoms with Gasteiger partial charge in [0.1, 0.15) is 10.7 Å². The summed E-state index contributed by atoms with van der Waals surface area (Å²) in [4.78, 5) is 18.8. The minimum Gasteiger partial charge on any atom is -0.324 e. The van der Waals surface area contributed by atoms with Crippen LogP contribution in [-0.4, -0.2) is 61.2 Å². The first-order valence-electron chi connectivity index (χ1n) is 10.5. The molecule has 9 heteroatoms.